The predicted molar refractivity (Wildman–Crippen MR) is 73.3 cm³/mol. The van der Waals surface area contributed by atoms with E-state index < -0.39 is 0 Å². The second-order valence-electron chi connectivity index (χ2n) is 4.14. The molecule has 2 N–H and O–H groups in total. The van der Waals surface area contributed by atoms with Gasteiger partial charge in [-0.1, -0.05) is 65.9 Å². The molecule has 0 amide bonds. The summed E-state index contributed by atoms with van der Waals surface area (Å²) in [6.07, 6.45) is 0.911. The first-order chi connectivity index (χ1) is 8.92. The minimum Gasteiger partial charge on any atom is -0.305 e. The highest BCUT2D eigenvalue weighted by Crippen LogP contribution is 2.27. The lowest BCUT2D eigenvalue weighted by Gasteiger charge is -2.16. The van der Waals surface area contributed by atoms with Gasteiger partial charge in [0.25, 0.3) is 0 Å². The Morgan fingerprint density at radius 1 is 0.833 bits per heavy atom. The van der Waals surface area contributed by atoms with Crippen LogP contribution in [-0.2, 0) is 0 Å². The summed E-state index contributed by atoms with van der Waals surface area (Å²) in [5, 5.41) is 7.19. The number of benzene rings is 2. The van der Waals surface area contributed by atoms with Crippen LogP contribution in [-0.4, -0.2) is 6.54 Å². The number of rotatable bonds is 5. The molecule has 3 nitrogen and oxygen atoms in total. The van der Waals surface area contributed by atoms with Gasteiger partial charge in [-0.15, -0.1) is 0 Å². The fourth-order valence-electron chi connectivity index (χ4n) is 2.14. The van der Waals surface area contributed by atoms with Gasteiger partial charge in [-0.2, -0.15) is 5.11 Å². The summed E-state index contributed by atoms with van der Waals surface area (Å²) in [6, 6.07) is 20.9. The third-order valence-electron chi connectivity index (χ3n) is 3.00. The second-order valence-corrected chi connectivity index (χ2v) is 4.14. The quantitative estimate of drug-likeness (QED) is 0.484. The van der Waals surface area contributed by atoms with Crippen molar-refractivity contribution in [2.75, 3.05) is 6.54 Å². The predicted octanol–water partition coefficient (Wildman–Crippen LogP) is 3.53. The third-order valence-corrected chi connectivity index (χ3v) is 3.00. The van der Waals surface area contributed by atoms with Crippen molar-refractivity contribution in [3.05, 3.63) is 71.8 Å². The van der Waals surface area contributed by atoms with Crippen LogP contribution in [0, 0.1) is 0 Å². The van der Waals surface area contributed by atoms with Gasteiger partial charge in [0.2, 0.25) is 0 Å². The van der Waals surface area contributed by atoms with Crippen LogP contribution < -0.4 is 5.84 Å². The summed E-state index contributed by atoms with van der Waals surface area (Å²) < 4.78 is 0. The molecule has 2 aromatic carbocycles. The van der Waals surface area contributed by atoms with Gasteiger partial charge in [-0.05, 0) is 17.5 Å². The van der Waals surface area contributed by atoms with E-state index in [0.717, 1.165) is 6.42 Å². The maximum absolute atomic E-state index is 5.05. The van der Waals surface area contributed by atoms with E-state index in [0.29, 0.717) is 12.5 Å². The Hall–Kier alpha value is -2.16. The molecule has 0 fully saturated rings. The molecule has 18 heavy (non-hydrogen) atoms. The maximum Gasteiger partial charge on any atom is 0.0629 e. The van der Waals surface area contributed by atoms with Gasteiger partial charge in [0.05, 0.1) is 6.54 Å². The van der Waals surface area contributed by atoms with Gasteiger partial charge >= 0.3 is 0 Å². The van der Waals surface area contributed by atoms with Crippen LogP contribution in [0.4, 0.5) is 0 Å². The van der Waals surface area contributed by atoms with Crippen LogP contribution >= 0.6 is 0 Å². The van der Waals surface area contributed by atoms with Gasteiger partial charge in [0.15, 0.2) is 0 Å². The Bertz CT molecular complexity index is 440. The van der Waals surface area contributed by atoms with E-state index >= 15 is 0 Å². The average Bonchev–Trinajstić information content (AvgIpc) is 2.46. The zero-order valence-corrected chi connectivity index (χ0v) is 10.2. The third kappa shape index (κ3) is 3.17. The summed E-state index contributed by atoms with van der Waals surface area (Å²) in [7, 11) is 0. The van der Waals surface area contributed by atoms with Crippen molar-refractivity contribution in [3.63, 3.8) is 0 Å². The summed E-state index contributed by atoms with van der Waals surface area (Å²) in [5.74, 6) is 5.40. The highest BCUT2D eigenvalue weighted by molar-refractivity contribution is 5.32. The highest BCUT2D eigenvalue weighted by atomic mass is 15.3. The van der Waals surface area contributed by atoms with Gasteiger partial charge < -0.3 is 5.84 Å². The van der Waals surface area contributed by atoms with Crippen LogP contribution in [0.2, 0.25) is 0 Å². The first kappa shape index (κ1) is 12.3. The van der Waals surface area contributed by atoms with Gasteiger partial charge in [-0.25, -0.2) is 0 Å². The Labute approximate surface area is 107 Å². The lowest BCUT2D eigenvalue weighted by molar-refractivity contribution is 0.701. The molecule has 2 rings (SSSR count). The van der Waals surface area contributed by atoms with Crippen molar-refractivity contribution in [1.82, 2.24) is 0 Å². The summed E-state index contributed by atoms with van der Waals surface area (Å²) in [4.78, 5) is 0. The standard InChI is InChI=1S/C15H17N3/c16-18-17-12-11-15(13-7-3-1-4-8-13)14-9-5-2-6-10-14/h1-10,15H,11-12H2,(H2,16,17). The van der Waals surface area contributed by atoms with Crippen molar-refractivity contribution in [1.29, 1.82) is 0 Å². The van der Waals surface area contributed by atoms with E-state index in [4.69, 9.17) is 5.84 Å². The van der Waals surface area contributed by atoms with E-state index in [1.54, 1.807) is 0 Å². The van der Waals surface area contributed by atoms with Gasteiger partial charge in [0, 0.05) is 5.92 Å². The van der Waals surface area contributed by atoms with Crippen LogP contribution in [0.5, 0.6) is 0 Å². The summed E-state index contributed by atoms with van der Waals surface area (Å²) in [6.45, 7) is 0.644. The van der Waals surface area contributed by atoms with E-state index in [1.807, 2.05) is 12.1 Å². The molecule has 0 bridgehead atoms. The molecule has 0 aliphatic carbocycles. The zero-order valence-electron chi connectivity index (χ0n) is 10.2. The Morgan fingerprint density at radius 3 is 1.78 bits per heavy atom. The van der Waals surface area contributed by atoms with E-state index in [2.05, 4.69) is 58.9 Å². The number of nitrogens with zero attached hydrogens (tertiary/aromatic N) is 2. The first-order valence-electron chi connectivity index (χ1n) is 6.08. The molecule has 0 saturated heterocycles. The molecule has 2 aromatic rings. The fourth-order valence-corrected chi connectivity index (χ4v) is 2.14. The monoisotopic (exact) mass is 239 g/mol. The molecule has 0 unspecified atom stereocenters. The minimum atomic E-state index is 0.345. The van der Waals surface area contributed by atoms with Crippen LogP contribution in [0.1, 0.15) is 23.5 Å². The van der Waals surface area contributed by atoms with Crippen molar-refractivity contribution < 1.29 is 0 Å². The molecular formula is C15H17N3. The van der Waals surface area contributed by atoms with E-state index in [-0.39, 0.29) is 0 Å². The maximum atomic E-state index is 5.05. The van der Waals surface area contributed by atoms with E-state index in [1.165, 1.54) is 11.1 Å². The minimum absolute atomic E-state index is 0.345. The van der Waals surface area contributed by atoms with Crippen molar-refractivity contribution >= 4 is 0 Å². The SMILES string of the molecule is NN=NCCC(c1ccccc1)c1ccccc1. The number of hydrogen-bond acceptors (Lipinski definition) is 2. The Balaban J connectivity index is 2.23. The van der Waals surface area contributed by atoms with Crippen LogP contribution in [0.15, 0.2) is 71.0 Å². The molecule has 0 aromatic heterocycles. The molecule has 0 aliphatic rings. The lowest BCUT2D eigenvalue weighted by atomic mass is 9.89. The lowest BCUT2D eigenvalue weighted by Crippen LogP contribution is -2.03. The van der Waals surface area contributed by atoms with Gasteiger partial charge in [0.1, 0.15) is 0 Å². The first-order valence-corrected chi connectivity index (χ1v) is 6.08. The van der Waals surface area contributed by atoms with Gasteiger partial charge in [-0.3, -0.25) is 0 Å². The molecule has 92 valence electrons. The largest absolute Gasteiger partial charge is 0.305 e. The molecule has 0 heterocycles. The molecule has 0 saturated carbocycles. The Morgan fingerprint density at radius 2 is 1.33 bits per heavy atom. The number of hydrogen-bond donors (Lipinski definition) is 1. The smallest absolute Gasteiger partial charge is 0.0629 e. The van der Waals surface area contributed by atoms with E-state index in [9.17, 15) is 0 Å². The molecule has 0 aliphatic heterocycles. The molecule has 3 heteroatoms. The fraction of sp³-hybridized carbons (Fsp3) is 0.200. The normalized spacial score (nSPS) is 11.2. The number of nitrogens with two attached hydrogens (primary N) is 1. The topological polar surface area (TPSA) is 50.7 Å². The second kappa shape index (κ2) is 6.55. The Kier molecular flexibility index (Phi) is 4.47. The highest BCUT2D eigenvalue weighted by Gasteiger charge is 2.12. The summed E-state index contributed by atoms with van der Waals surface area (Å²) in [5.41, 5.74) is 2.60. The molecule has 0 spiro atoms. The van der Waals surface area contributed by atoms with Crippen LogP contribution in [0.3, 0.4) is 0 Å². The molecular weight excluding hydrogens is 222 g/mol. The zero-order chi connectivity index (χ0) is 12.6. The van der Waals surface area contributed by atoms with Crippen molar-refractivity contribution in [2.45, 2.75) is 12.3 Å². The molecule has 0 atom stereocenters. The van der Waals surface area contributed by atoms with Crippen LogP contribution in [0.25, 0.3) is 0 Å². The molecule has 0 radical (unpaired) electrons. The summed E-state index contributed by atoms with van der Waals surface area (Å²) >= 11 is 0. The average molecular weight is 239 g/mol. The van der Waals surface area contributed by atoms with Crippen molar-refractivity contribution in [2.24, 2.45) is 16.2 Å². The van der Waals surface area contributed by atoms with Crippen molar-refractivity contribution in [3.8, 4) is 0 Å².